The van der Waals surface area contributed by atoms with Crippen molar-refractivity contribution < 1.29 is 0 Å². The van der Waals surface area contributed by atoms with Gasteiger partial charge in [-0.05, 0) is 154 Å². The van der Waals surface area contributed by atoms with Crippen LogP contribution in [0.2, 0.25) is 39.3 Å². The van der Waals surface area contributed by atoms with Gasteiger partial charge in [-0.2, -0.15) is 0 Å². The van der Waals surface area contributed by atoms with E-state index in [-0.39, 0.29) is 0 Å². The normalized spacial score (nSPS) is 13.4. The molecule has 0 amide bonds. The van der Waals surface area contributed by atoms with Gasteiger partial charge in [-0.3, -0.25) is 0 Å². The van der Waals surface area contributed by atoms with Crippen molar-refractivity contribution >= 4 is 104 Å². The molecule has 12 aromatic rings. The third kappa shape index (κ3) is 6.91. The lowest BCUT2D eigenvalue weighted by molar-refractivity contribution is 0.749. The Morgan fingerprint density at radius 1 is 0.342 bits per heavy atom. The molecule has 76 heavy (non-hydrogen) atoms. The summed E-state index contributed by atoms with van der Waals surface area (Å²) in [7, 11) is -3.13. The van der Waals surface area contributed by atoms with Gasteiger partial charge in [-0.15, -0.1) is 0 Å². The molecule has 0 radical (unpaired) electrons. The van der Waals surface area contributed by atoms with Crippen LogP contribution in [0.15, 0.2) is 224 Å². The quantitative estimate of drug-likeness (QED) is 0.141. The summed E-state index contributed by atoms with van der Waals surface area (Å²) in [5, 5.41) is 10.4. The lowest BCUT2D eigenvalue weighted by Crippen LogP contribution is -2.37. The van der Waals surface area contributed by atoms with Crippen LogP contribution in [0.4, 0.5) is 34.1 Å². The van der Waals surface area contributed by atoms with Crippen LogP contribution in [-0.2, 0) is 5.41 Å². The van der Waals surface area contributed by atoms with Crippen molar-refractivity contribution in [3.05, 3.63) is 258 Å². The Bertz CT molecular complexity index is 4220. The molecule has 0 fully saturated rings. The van der Waals surface area contributed by atoms with Gasteiger partial charge in [0.25, 0.3) is 0 Å². The summed E-state index contributed by atoms with van der Waals surface area (Å²) in [5.41, 5.74) is 20.1. The first kappa shape index (κ1) is 46.3. The van der Waals surface area contributed by atoms with Crippen molar-refractivity contribution in [2.75, 3.05) is 9.80 Å². The number of anilines is 6. The lowest BCUT2D eigenvalue weighted by atomic mass is 9.65. The maximum absolute atomic E-state index is 2.60. The first-order valence-electron chi connectivity index (χ1n) is 27.0. The van der Waals surface area contributed by atoms with E-state index in [4.69, 9.17) is 0 Å². The van der Waals surface area contributed by atoms with Crippen molar-refractivity contribution in [2.24, 2.45) is 0 Å². The highest BCUT2D eigenvalue weighted by Gasteiger charge is 2.52. The van der Waals surface area contributed by atoms with Crippen LogP contribution in [0.5, 0.6) is 0 Å². The van der Waals surface area contributed by atoms with Crippen LogP contribution in [-0.4, -0.2) is 20.7 Å². The van der Waals surface area contributed by atoms with Crippen LogP contribution < -0.4 is 20.2 Å². The van der Waals surface area contributed by atoms with Crippen molar-refractivity contribution in [3.8, 4) is 16.8 Å². The second kappa shape index (κ2) is 16.9. The molecule has 5 heteroatoms. The van der Waals surface area contributed by atoms with Gasteiger partial charge in [-0.25, -0.2) is 0 Å². The van der Waals surface area contributed by atoms with Gasteiger partial charge in [0.1, 0.15) is 0 Å². The van der Waals surface area contributed by atoms with Crippen LogP contribution in [0.25, 0.3) is 60.2 Å². The Morgan fingerprint density at radius 2 is 0.776 bits per heavy atom. The molecule has 14 rings (SSSR count). The fourth-order valence-electron chi connectivity index (χ4n) is 13.0. The molecule has 2 aliphatic rings. The molecular formula is C71H61N3Si2. The predicted octanol–water partition coefficient (Wildman–Crippen LogP) is 18.4. The molecule has 11 aromatic carbocycles. The van der Waals surface area contributed by atoms with E-state index in [1.54, 1.807) is 0 Å². The summed E-state index contributed by atoms with van der Waals surface area (Å²) in [6.07, 6.45) is 0. The maximum atomic E-state index is 2.60. The second-order valence-corrected chi connectivity index (χ2v) is 33.7. The van der Waals surface area contributed by atoms with Crippen LogP contribution >= 0.6 is 0 Å². The van der Waals surface area contributed by atoms with E-state index in [1.165, 1.54) is 104 Å². The van der Waals surface area contributed by atoms with Crippen molar-refractivity contribution in [3.63, 3.8) is 0 Å². The van der Waals surface area contributed by atoms with Gasteiger partial charge in [0, 0.05) is 44.9 Å². The topological polar surface area (TPSA) is 11.4 Å². The van der Waals surface area contributed by atoms with Crippen molar-refractivity contribution in [2.45, 2.75) is 58.5 Å². The molecule has 1 aliphatic carbocycles. The molecular weight excluding hydrogens is 951 g/mol. The number of rotatable bonds is 8. The highest BCUT2D eigenvalue weighted by molar-refractivity contribution is 6.89. The molecule has 0 bridgehead atoms. The number of aromatic nitrogens is 1. The monoisotopic (exact) mass is 1010 g/mol. The van der Waals surface area contributed by atoms with Crippen LogP contribution in [0.1, 0.15) is 33.4 Å². The Labute approximate surface area is 449 Å². The minimum absolute atomic E-state index is 0.677. The molecule has 0 N–H and O–H groups in total. The Morgan fingerprint density at radius 3 is 1.29 bits per heavy atom. The first-order valence-corrected chi connectivity index (χ1v) is 34.0. The minimum Gasteiger partial charge on any atom is -0.310 e. The summed E-state index contributed by atoms with van der Waals surface area (Å²) >= 11 is 0. The number of hydrogen-bond acceptors (Lipinski definition) is 2. The Hall–Kier alpha value is -8.23. The van der Waals surface area contributed by atoms with Gasteiger partial charge >= 0.3 is 0 Å². The summed E-state index contributed by atoms with van der Waals surface area (Å²) in [5.74, 6) is 0. The van der Waals surface area contributed by atoms with Gasteiger partial charge in [0.15, 0.2) is 0 Å². The maximum Gasteiger partial charge on any atom is 0.0775 e. The molecule has 368 valence electrons. The smallest absolute Gasteiger partial charge is 0.0775 e. The zero-order valence-electron chi connectivity index (χ0n) is 44.7. The molecule has 1 spiro atoms. The summed E-state index contributed by atoms with van der Waals surface area (Å²) in [6.45, 7) is 18.9. The number of para-hydroxylation sites is 1. The molecule has 0 unspecified atom stereocenters. The molecule has 1 aliphatic heterocycles. The van der Waals surface area contributed by atoms with E-state index >= 15 is 0 Å². The van der Waals surface area contributed by atoms with Gasteiger partial charge < -0.3 is 14.4 Å². The van der Waals surface area contributed by atoms with Gasteiger partial charge in [-0.1, -0.05) is 200 Å². The summed E-state index contributed by atoms with van der Waals surface area (Å²) in [4.78, 5) is 4.97. The summed E-state index contributed by atoms with van der Waals surface area (Å²) < 4.78 is 2.60. The molecule has 0 saturated heterocycles. The van der Waals surface area contributed by atoms with Gasteiger partial charge in [0.05, 0.1) is 38.3 Å². The molecule has 3 nitrogen and oxygen atoms in total. The molecule has 2 heterocycles. The van der Waals surface area contributed by atoms with Gasteiger partial charge in [0.2, 0.25) is 0 Å². The molecule has 0 atom stereocenters. The fourth-order valence-corrected chi connectivity index (χ4v) is 15.3. The highest BCUT2D eigenvalue weighted by atomic mass is 28.3. The third-order valence-electron chi connectivity index (χ3n) is 16.8. The number of aryl methyl sites for hydroxylation is 2. The first-order chi connectivity index (χ1) is 36.8. The molecule has 0 saturated carbocycles. The summed E-state index contributed by atoms with van der Waals surface area (Å²) in [6, 6.07) is 86.4. The van der Waals surface area contributed by atoms with E-state index in [1.807, 2.05) is 0 Å². The van der Waals surface area contributed by atoms with E-state index in [2.05, 4.69) is 292 Å². The highest BCUT2D eigenvalue weighted by Crippen LogP contribution is 2.64. The average Bonchev–Trinajstić information content (AvgIpc) is 3.74. The SMILES string of the molecule is Cc1ccc(N(c2ccc([Si](C)(C)C)cc2)c2ccc3c(c2)c2cc(N(c4ccc(C)cc4)c4ccc([Si](C)(C)C)cc4)cc4c2n3-c2ccccc2C42c3ccc4ccccc4c3-c3c2ccc2ccccc32)cc1. The number of fused-ring (bicyclic) bond motifs is 16. The molecule has 1 aromatic heterocycles. The zero-order valence-corrected chi connectivity index (χ0v) is 46.7. The fraction of sp³-hybridized carbons (Fsp3) is 0.127. The van der Waals surface area contributed by atoms with Crippen LogP contribution in [0, 0.1) is 13.8 Å². The average molecular weight is 1010 g/mol. The number of hydrogen-bond donors (Lipinski definition) is 0. The van der Waals surface area contributed by atoms with E-state index in [9.17, 15) is 0 Å². The predicted molar refractivity (Wildman–Crippen MR) is 331 cm³/mol. The van der Waals surface area contributed by atoms with E-state index < -0.39 is 21.6 Å². The van der Waals surface area contributed by atoms with Crippen LogP contribution in [0.3, 0.4) is 0 Å². The Kier molecular flexibility index (Phi) is 10.3. The largest absolute Gasteiger partial charge is 0.310 e. The van der Waals surface area contributed by atoms with Crippen molar-refractivity contribution in [1.82, 2.24) is 4.57 Å². The lowest BCUT2D eigenvalue weighted by Gasteiger charge is -2.40. The van der Waals surface area contributed by atoms with E-state index in [0.29, 0.717) is 0 Å². The zero-order chi connectivity index (χ0) is 51.8. The third-order valence-corrected chi connectivity index (χ3v) is 20.9. The van der Waals surface area contributed by atoms with E-state index in [0.717, 1.165) is 34.1 Å². The number of nitrogens with zero attached hydrogens (tertiary/aromatic N) is 3. The second-order valence-electron chi connectivity index (χ2n) is 23.5. The number of benzene rings is 11. The standard InChI is InChI=1S/C71H61N3Si2/c1-46-21-27-50(28-22-46)72(52-31-36-56(37-32-52)75(3,4)5)54-35-42-66-60(43-54)61-44-55(73(51-29-23-47(2)24-30-51)53-33-38-57(39-34-53)76(6,7)8)45-65-70(61)74(66)67-20-14-13-19-62(67)71(65)63-40-25-48-15-9-11-17-58(48)68(63)69-59-18-12-10-16-49(59)26-41-64(69)71/h9-45H,1-8H3. The Balaban J connectivity index is 1.14. The van der Waals surface area contributed by atoms with Crippen molar-refractivity contribution in [1.29, 1.82) is 0 Å². The minimum atomic E-state index is -1.59.